The fourth-order valence-corrected chi connectivity index (χ4v) is 1.77. The van der Waals surface area contributed by atoms with Crippen LogP contribution >= 0.6 is 15.9 Å². The van der Waals surface area contributed by atoms with Crippen molar-refractivity contribution in [1.82, 2.24) is 4.98 Å². The molecule has 4 nitrogen and oxygen atoms in total. The van der Waals surface area contributed by atoms with Gasteiger partial charge in [-0.05, 0) is 34.1 Å². The number of nitrogens with zero attached hydrogens (tertiary/aromatic N) is 1. The van der Waals surface area contributed by atoms with Gasteiger partial charge >= 0.3 is 0 Å². The fraction of sp³-hybridized carbons (Fsp3) is 0.0833. The summed E-state index contributed by atoms with van der Waals surface area (Å²) >= 11 is 3.24. The molecule has 0 aliphatic heterocycles. The molecule has 19 heavy (non-hydrogen) atoms. The third kappa shape index (κ3) is 2.93. The average molecular weight is 331 g/mol. The maximum absolute atomic E-state index is 13.5. The van der Waals surface area contributed by atoms with E-state index >= 15 is 0 Å². The predicted octanol–water partition coefficient (Wildman–Crippen LogP) is 3.51. The molecule has 0 aliphatic rings. The van der Waals surface area contributed by atoms with E-state index in [9.17, 15) is 8.78 Å². The van der Waals surface area contributed by atoms with Crippen molar-refractivity contribution in [2.75, 3.05) is 12.8 Å². The summed E-state index contributed by atoms with van der Waals surface area (Å²) in [7, 11) is 1.52. The van der Waals surface area contributed by atoms with Crippen molar-refractivity contribution in [2.24, 2.45) is 0 Å². The third-order valence-corrected chi connectivity index (χ3v) is 2.89. The molecule has 2 rings (SSSR count). The summed E-state index contributed by atoms with van der Waals surface area (Å²) in [6, 6.07) is 5.45. The van der Waals surface area contributed by atoms with E-state index in [1.165, 1.54) is 7.11 Å². The minimum atomic E-state index is -0.936. The van der Waals surface area contributed by atoms with E-state index < -0.39 is 23.3 Å². The summed E-state index contributed by atoms with van der Waals surface area (Å²) in [6.45, 7) is 0. The first-order valence-corrected chi connectivity index (χ1v) is 5.93. The van der Waals surface area contributed by atoms with Gasteiger partial charge in [-0.2, -0.15) is 4.98 Å². The van der Waals surface area contributed by atoms with Gasteiger partial charge < -0.3 is 15.2 Å². The number of pyridine rings is 1. The van der Waals surface area contributed by atoms with Gasteiger partial charge in [0.05, 0.1) is 11.6 Å². The second-order valence-electron chi connectivity index (χ2n) is 3.54. The van der Waals surface area contributed by atoms with E-state index in [4.69, 9.17) is 15.2 Å². The summed E-state index contributed by atoms with van der Waals surface area (Å²) in [4.78, 5) is 3.50. The number of hydrogen-bond acceptors (Lipinski definition) is 4. The summed E-state index contributed by atoms with van der Waals surface area (Å²) in [5.41, 5.74) is 5.26. The van der Waals surface area contributed by atoms with Gasteiger partial charge in [0, 0.05) is 6.07 Å². The molecule has 2 N–H and O–H groups in total. The number of nitrogens with two attached hydrogens (primary N) is 1. The van der Waals surface area contributed by atoms with Gasteiger partial charge in [-0.3, -0.25) is 0 Å². The Labute approximate surface area is 116 Å². The van der Waals surface area contributed by atoms with Crippen molar-refractivity contribution in [3.05, 3.63) is 40.4 Å². The highest BCUT2D eigenvalue weighted by atomic mass is 79.9. The van der Waals surface area contributed by atoms with Crippen molar-refractivity contribution < 1.29 is 18.3 Å². The molecule has 0 bridgehead atoms. The molecule has 0 aliphatic carbocycles. The lowest BCUT2D eigenvalue weighted by atomic mass is 10.3. The summed E-state index contributed by atoms with van der Waals surface area (Å²) in [5, 5.41) is 0. The smallest absolute Gasteiger partial charge is 0.258 e. The zero-order valence-corrected chi connectivity index (χ0v) is 11.4. The Hall–Kier alpha value is -1.89. The van der Waals surface area contributed by atoms with Crippen LogP contribution in [0.25, 0.3) is 0 Å². The van der Waals surface area contributed by atoms with Crippen LogP contribution in [-0.2, 0) is 0 Å². The number of hydrogen-bond donors (Lipinski definition) is 1. The highest BCUT2D eigenvalue weighted by Crippen LogP contribution is 2.33. The van der Waals surface area contributed by atoms with Crippen LogP contribution in [0.5, 0.6) is 17.4 Å². The van der Waals surface area contributed by atoms with Crippen LogP contribution in [-0.4, -0.2) is 12.1 Å². The highest BCUT2D eigenvalue weighted by Gasteiger charge is 2.13. The van der Waals surface area contributed by atoms with Crippen molar-refractivity contribution in [2.45, 2.75) is 0 Å². The zero-order chi connectivity index (χ0) is 14.0. The van der Waals surface area contributed by atoms with Gasteiger partial charge in [0.2, 0.25) is 0 Å². The van der Waals surface area contributed by atoms with Gasteiger partial charge in [0.25, 0.3) is 5.88 Å². The summed E-state index contributed by atoms with van der Waals surface area (Å²) in [5.74, 6) is -1.79. The molecule has 1 aromatic heterocycles. The van der Waals surface area contributed by atoms with Crippen LogP contribution in [0.15, 0.2) is 28.7 Å². The van der Waals surface area contributed by atoms with Crippen LogP contribution in [0.1, 0.15) is 0 Å². The standard InChI is InChI=1S/C12H9BrF2N2O2/c1-18-6-2-3-10(7(13)4-6)19-12-9(15)5-8(14)11(16)17-12/h2-5H,1H3,(H2,16,17). The lowest BCUT2D eigenvalue weighted by Crippen LogP contribution is -2.00. The molecule has 0 unspecified atom stereocenters. The number of benzene rings is 1. The lowest BCUT2D eigenvalue weighted by Gasteiger charge is -2.09. The molecular formula is C12H9BrF2N2O2. The first-order chi connectivity index (χ1) is 9.01. The van der Waals surface area contributed by atoms with Gasteiger partial charge in [0.1, 0.15) is 11.5 Å². The van der Waals surface area contributed by atoms with Crippen molar-refractivity contribution in [3.8, 4) is 17.4 Å². The molecule has 7 heteroatoms. The highest BCUT2D eigenvalue weighted by molar-refractivity contribution is 9.10. The Kier molecular flexibility index (Phi) is 3.84. The molecule has 100 valence electrons. The summed E-state index contributed by atoms with van der Waals surface area (Å²) in [6.07, 6.45) is 0. The number of anilines is 1. The van der Waals surface area contributed by atoms with Crippen LogP contribution in [0, 0.1) is 11.6 Å². The van der Waals surface area contributed by atoms with Crippen LogP contribution in [0.4, 0.5) is 14.6 Å². The molecule has 0 amide bonds. The molecular weight excluding hydrogens is 322 g/mol. The quantitative estimate of drug-likeness (QED) is 0.935. The molecule has 0 fully saturated rings. The lowest BCUT2D eigenvalue weighted by molar-refractivity contribution is 0.404. The largest absolute Gasteiger partial charge is 0.497 e. The number of rotatable bonds is 3. The van der Waals surface area contributed by atoms with Gasteiger partial charge in [-0.25, -0.2) is 8.78 Å². The molecule has 1 aromatic carbocycles. The molecule has 0 radical (unpaired) electrons. The minimum Gasteiger partial charge on any atom is -0.497 e. The summed E-state index contributed by atoms with van der Waals surface area (Å²) < 4.78 is 37.2. The van der Waals surface area contributed by atoms with Crippen molar-refractivity contribution in [1.29, 1.82) is 0 Å². The third-order valence-electron chi connectivity index (χ3n) is 2.27. The van der Waals surface area contributed by atoms with E-state index in [2.05, 4.69) is 20.9 Å². The van der Waals surface area contributed by atoms with Crippen LogP contribution in [0.3, 0.4) is 0 Å². The Morgan fingerprint density at radius 2 is 1.95 bits per heavy atom. The van der Waals surface area contributed by atoms with E-state index in [-0.39, 0.29) is 0 Å². The van der Waals surface area contributed by atoms with E-state index in [1.54, 1.807) is 18.2 Å². The number of aromatic nitrogens is 1. The maximum atomic E-state index is 13.5. The van der Waals surface area contributed by atoms with E-state index in [0.29, 0.717) is 22.0 Å². The second kappa shape index (κ2) is 5.40. The molecule has 2 aromatic rings. The SMILES string of the molecule is COc1ccc(Oc2nc(N)c(F)cc2F)c(Br)c1. The minimum absolute atomic E-state index is 0.304. The molecule has 0 saturated heterocycles. The number of nitrogen functional groups attached to an aromatic ring is 1. The van der Waals surface area contributed by atoms with Crippen LogP contribution < -0.4 is 15.2 Å². The Morgan fingerprint density at radius 1 is 1.21 bits per heavy atom. The van der Waals surface area contributed by atoms with Gasteiger partial charge in [0.15, 0.2) is 17.5 Å². The number of halogens is 3. The average Bonchev–Trinajstić information content (AvgIpc) is 2.38. The predicted molar refractivity (Wildman–Crippen MR) is 69.3 cm³/mol. The van der Waals surface area contributed by atoms with E-state index in [1.807, 2.05) is 0 Å². The Balaban J connectivity index is 2.33. The molecule has 0 saturated carbocycles. The monoisotopic (exact) mass is 330 g/mol. The maximum Gasteiger partial charge on any atom is 0.258 e. The van der Waals surface area contributed by atoms with Crippen LogP contribution in [0.2, 0.25) is 0 Å². The fourth-order valence-electron chi connectivity index (χ4n) is 1.33. The van der Waals surface area contributed by atoms with Gasteiger partial charge in [-0.15, -0.1) is 0 Å². The first kappa shape index (κ1) is 13.5. The molecule has 0 atom stereocenters. The Morgan fingerprint density at radius 3 is 2.58 bits per heavy atom. The van der Waals surface area contributed by atoms with E-state index in [0.717, 1.165) is 0 Å². The molecule has 1 heterocycles. The topological polar surface area (TPSA) is 57.4 Å². The second-order valence-corrected chi connectivity index (χ2v) is 4.40. The zero-order valence-electron chi connectivity index (χ0n) is 9.78. The molecule has 0 spiro atoms. The first-order valence-electron chi connectivity index (χ1n) is 5.14. The number of ether oxygens (including phenoxy) is 2. The Bertz CT molecular complexity index is 623. The van der Waals surface area contributed by atoms with Gasteiger partial charge in [-0.1, -0.05) is 0 Å². The van der Waals surface area contributed by atoms with Crippen molar-refractivity contribution in [3.63, 3.8) is 0 Å². The normalized spacial score (nSPS) is 10.3. The van der Waals surface area contributed by atoms with Crippen molar-refractivity contribution >= 4 is 21.7 Å². The number of methoxy groups -OCH3 is 1.